The maximum atomic E-state index is 13.9. The van der Waals surface area contributed by atoms with Crippen LogP contribution in [0.5, 0.6) is 5.75 Å². The predicted octanol–water partition coefficient (Wildman–Crippen LogP) is 3.32. The minimum Gasteiger partial charge on any atom is -0.495 e. The van der Waals surface area contributed by atoms with E-state index in [4.69, 9.17) is 15.3 Å². The molecule has 0 heterocycles. The third-order valence-corrected chi connectivity index (χ3v) is 7.20. The lowest BCUT2D eigenvalue weighted by Crippen LogP contribution is -2.17. The molecule has 0 fully saturated rings. The zero-order chi connectivity index (χ0) is 25.1. The van der Waals surface area contributed by atoms with Crippen molar-refractivity contribution in [2.75, 3.05) is 16.6 Å². The molecule has 3 rings (SSSR count). The highest BCUT2D eigenvalue weighted by atomic mass is 32.2. The lowest BCUT2D eigenvalue weighted by Gasteiger charge is -2.14. The number of rotatable bonds is 7. The van der Waals surface area contributed by atoms with Crippen LogP contribution in [0.15, 0.2) is 64.4 Å². The van der Waals surface area contributed by atoms with E-state index >= 15 is 0 Å². The quantitative estimate of drug-likeness (QED) is 0.501. The van der Waals surface area contributed by atoms with Crippen molar-refractivity contribution in [2.45, 2.75) is 9.79 Å². The van der Waals surface area contributed by atoms with Crippen molar-refractivity contribution in [1.29, 1.82) is 10.5 Å². The Labute approximate surface area is 193 Å². The first-order valence-electron chi connectivity index (χ1n) is 9.13. The van der Waals surface area contributed by atoms with E-state index in [0.717, 1.165) is 48.5 Å². The van der Waals surface area contributed by atoms with Gasteiger partial charge in [0.1, 0.15) is 34.4 Å². The van der Waals surface area contributed by atoms with E-state index in [1.165, 1.54) is 13.2 Å². The number of halogens is 2. The molecule has 0 aliphatic heterocycles. The molecule has 0 spiro atoms. The number of nitrogens with zero attached hydrogens (tertiary/aromatic N) is 2. The number of hydrogen-bond acceptors (Lipinski definition) is 7. The summed E-state index contributed by atoms with van der Waals surface area (Å²) in [6.45, 7) is 0. The second kappa shape index (κ2) is 9.35. The van der Waals surface area contributed by atoms with Gasteiger partial charge in [0.25, 0.3) is 20.0 Å². The fourth-order valence-electron chi connectivity index (χ4n) is 2.80. The lowest BCUT2D eigenvalue weighted by atomic mass is 10.2. The molecule has 0 saturated carbocycles. The number of benzene rings is 3. The molecule has 0 aliphatic carbocycles. The van der Waals surface area contributed by atoms with Gasteiger partial charge in [0.05, 0.1) is 34.5 Å². The van der Waals surface area contributed by atoms with Crippen LogP contribution in [-0.4, -0.2) is 23.9 Å². The highest BCUT2D eigenvalue weighted by molar-refractivity contribution is 7.93. The number of ether oxygens (including phenoxy) is 1. The summed E-state index contributed by atoms with van der Waals surface area (Å²) >= 11 is 0. The molecule has 3 aromatic carbocycles. The van der Waals surface area contributed by atoms with Crippen molar-refractivity contribution in [3.8, 4) is 17.9 Å². The van der Waals surface area contributed by atoms with Crippen molar-refractivity contribution in [3.63, 3.8) is 0 Å². The summed E-state index contributed by atoms with van der Waals surface area (Å²) in [5.74, 6) is -2.10. The molecule has 34 heavy (non-hydrogen) atoms. The van der Waals surface area contributed by atoms with Gasteiger partial charge in [-0.25, -0.2) is 25.6 Å². The van der Waals surface area contributed by atoms with E-state index < -0.39 is 41.5 Å². The molecule has 0 amide bonds. The Morgan fingerprint density at radius 1 is 0.765 bits per heavy atom. The summed E-state index contributed by atoms with van der Waals surface area (Å²) in [7, 11) is -7.70. The number of anilines is 2. The largest absolute Gasteiger partial charge is 0.495 e. The van der Waals surface area contributed by atoms with Crippen LogP contribution in [0.2, 0.25) is 0 Å². The van der Waals surface area contributed by atoms with Gasteiger partial charge in [0, 0.05) is 0 Å². The molecule has 174 valence electrons. The molecule has 0 bridgehead atoms. The summed E-state index contributed by atoms with van der Waals surface area (Å²) in [4.78, 5) is -1.07. The maximum absolute atomic E-state index is 13.9. The van der Waals surface area contributed by atoms with Crippen molar-refractivity contribution < 1.29 is 30.4 Å². The maximum Gasteiger partial charge on any atom is 0.265 e. The normalized spacial score (nSPS) is 11.2. The molecule has 0 aliphatic rings. The van der Waals surface area contributed by atoms with E-state index in [0.29, 0.717) is 0 Å². The molecule has 0 aromatic heterocycles. The van der Waals surface area contributed by atoms with Crippen LogP contribution < -0.4 is 14.2 Å². The Bertz CT molecular complexity index is 1580. The van der Waals surface area contributed by atoms with Crippen LogP contribution in [0.3, 0.4) is 0 Å². The molecule has 0 saturated heterocycles. The summed E-state index contributed by atoms with van der Waals surface area (Å²) in [6.07, 6.45) is 0. The minimum atomic E-state index is -4.48. The number of methoxy groups -OCH3 is 1. The standard InChI is InChI=1S/C21H14F2N4O5S2/c1-32-20-7-6-17(33(28,29)26-15-4-2-13(11-24)18(22)8-15)10-21(20)34(30,31)27-16-5-3-14(12-25)19(23)9-16/h2-10,26-27H,1H3. The predicted molar refractivity (Wildman–Crippen MR) is 117 cm³/mol. The van der Waals surface area contributed by atoms with Gasteiger partial charge in [-0.1, -0.05) is 0 Å². The Kier molecular flexibility index (Phi) is 6.72. The van der Waals surface area contributed by atoms with Gasteiger partial charge in [-0.3, -0.25) is 9.44 Å². The van der Waals surface area contributed by atoms with Crippen LogP contribution in [0.4, 0.5) is 20.2 Å². The number of sulfonamides is 2. The monoisotopic (exact) mass is 504 g/mol. The number of nitrogens with one attached hydrogen (secondary N) is 2. The minimum absolute atomic E-state index is 0.192. The number of nitriles is 2. The molecule has 13 heteroatoms. The molecule has 0 unspecified atom stereocenters. The third kappa shape index (κ3) is 5.06. The highest BCUT2D eigenvalue weighted by Crippen LogP contribution is 2.30. The van der Waals surface area contributed by atoms with Crippen molar-refractivity contribution in [3.05, 3.63) is 77.4 Å². The second-order valence-electron chi connectivity index (χ2n) is 6.64. The Balaban J connectivity index is 1.99. The Hall–Kier alpha value is -4.20. The van der Waals surface area contributed by atoms with Gasteiger partial charge in [-0.05, 0) is 54.6 Å². The first-order valence-corrected chi connectivity index (χ1v) is 12.1. The van der Waals surface area contributed by atoms with Crippen LogP contribution in [-0.2, 0) is 20.0 Å². The fourth-order valence-corrected chi connectivity index (χ4v) is 5.19. The van der Waals surface area contributed by atoms with E-state index in [9.17, 15) is 25.6 Å². The molecule has 2 N–H and O–H groups in total. The van der Waals surface area contributed by atoms with Crippen molar-refractivity contribution >= 4 is 31.4 Å². The van der Waals surface area contributed by atoms with Crippen molar-refractivity contribution in [2.24, 2.45) is 0 Å². The Morgan fingerprint density at radius 3 is 1.71 bits per heavy atom. The zero-order valence-corrected chi connectivity index (χ0v) is 18.8. The van der Waals surface area contributed by atoms with E-state index in [1.807, 2.05) is 0 Å². The average molecular weight is 504 g/mol. The first-order chi connectivity index (χ1) is 16.0. The number of hydrogen-bond donors (Lipinski definition) is 2. The van der Waals surface area contributed by atoms with Gasteiger partial charge >= 0.3 is 0 Å². The smallest absolute Gasteiger partial charge is 0.265 e. The van der Waals surface area contributed by atoms with Gasteiger partial charge in [-0.15, -0.1) is 0 Å². The molecule has 0 atom stereocenters. The van der Waals surface area contributed by atoms with Gasteiger partial charge in [0.15, 0.2) is 0 Å². The van der Waals surface area contributed by atoms with Crippen molar-refractivity contribution in [1.82, 2.24) is 0 Å². The zero-order valence-electron chi connectivity index (χ0n) is 17.2. The van der Waals surface area contributed by atoms with Crippen LogP contribution in [0.25, 0.3) is 0 Å². The molecular weight excluding hydrogens is 490 g/mol. The first kappa shape index (κ1) is 24.4. The average Bonchev–Trinajstić information content (AvgIpc) is 2.78. The second-order valence-corrected chi connectivity index (χ2v) is 9.97. The van der Waals surface area contributed by atoms with E-state index in [2.05, 4.69) is 9.44 Å². The summed E-state index contributed by atoms with van der Waals surface area (Å²) < 4.78 is 88.3. The summed E-state index contributed by atoms with van der Waals surface area (Å²) in [5.41, 5.74) is -0.981. The van der Waals surface area contributed by atoms with Gasteiger partial charge in [-0.2, -0.15) is 10.5 Å². The van der Waals surface area contributed by atoms with Gasteiger partial charge < -0.3 is 4.74 Å². The highest BCUT2D eigenvalue weighted by Gasteiger charge is 2.25. The SMILES string of the molecule is COc1ccc(S(=O)(=O)Nc2ccc(C#N)c(F)c2)cc1S(=O)(=O)Nc1ccc(C#N)c(F)c1. The fraction of sp³-hybridized carbons (Fsp3) is 0.0476. The van der Waals surface area contributed by atoms with E-state index in [-0.39, 0.29) is 28.3 Å². The molecule has 9 nitrogen and oxygen atoms in total. The summed E-state index contributed by atoms with van der Waals surface area (Å²) in [6, 6.07) is 12.3. The molecule has 0 radical (unpaired) electrons. The van der Waals surface area contributed by atoms with E-state index in [1.54, 1.807) is 12.1 Å². The Morgan fingerprint density at radius 2 is 1.26 bits per heavy atom. The lowest BCUT2D eigenvalue weighted by molar-refractivity contribution is 0.402. The van der Waals surface area contributed by atoms with Crippen LogP contribution >= 0.6 is 0 Å². The molecule has 3 aromatic rings. The summed E-state index contributed by atoms with van der Waals surface area (Å²) in [5, 5.41) is 17.6. The topological polar surface area (TPSA) is 149 Å². The third-order valence-electron chi connectivity index (χ3n) is 4.42. The van der Waals surface area contributed by atoms with Crippen LogP contribution in [0, 0.1) is 34.3 Å². The molecular formula is C21H14F2N4O5S2. The van der Waals surface area contributed by atoms with Crippen LogP contribution in [0.1, 0.15) is 11.1 Å². The van der Waals surface area contributed by atoms with Gasteiger partial charge in [0.2, 0.25) is 0 Å².